The van der Waals surface area contributed by atoms with Gasteiger partial charge in [0.1, 0.15) is 5.69 Å². The minimum atomic E-state index is -0.0875. The van der Waals surface area contributed by atoms with Crippen molar-refractivity contribution in [1.82, 2.24) is 24.7 Å². The highest BCUT2D eigenvalue weighted by Crippen LogP contribution is 2.25. The van der Waals surface area contributed by atoms with E-state index >= 15 is 0 Å². The van der Waals surface area contributed by atoms with Gasteiger partial charge in [0.25, 0.3) is 5.91 Å². The molecule has 3 aromatic heterocycles. The van der Waals surface area contributed by atoms with Crippen molar-refractivity contribution in [3.63, 3.8) is 0 Å². The molecule has 5 rings (SSSR count). The quantitative estimate of drug-likeness (QED) is 0.740. The number of amides is 1. The average Bonchev–Trinajstić information content (AvgIpc) is 3.48. The van der Waals surface area contributed by atoms with Gasteiger partial charge < -0.3 is 19.5 Å². The third kappa shape index (κ3) is 3.12. The maximum Gasteiger partial charge on any atom is 0.271 e. The van der Waals surface area contributed by atoms with E-state index in [4.69, 9.17) is 0 Å². The zero-order chi connectivity index (χ0) is 18.2. The summed E-state index contributed by atoms with van der Waals surface area (Å²) >= 11 is 1.56. The number of hydrogen-bond acceptors (Lipinski definition) is 7. The first-order valence-electron chi connectivity index (χ1n) is 9.32. The van der Waals surface area contributed by atoms with Crippen molar-refractivity contribution in [1.29, 1.82) is 0 Å². The van der Waals surface area contributed by atoms with Gasteiger partial charge in [0, 0.05) is 62.4 Å². The lowest BCUT2D eigenvalue weighted by Gasteiger charge is -2.18. The number of imidazole rings is 1. The molecule has 2 aliphatic heterocycles. The van der Waals surface area contributed by atoms with Crippen LogP contribution >= 0.6 is 11.3 Å². The first-order valence-corrected chi connectivity index (χ1v) is 10.2. The molecule has 3 aromatic rings. The van der Waals surface area contributed by atoms with Crippen LogP contribution in [0.4, 0.5) is 10.9 Å². The minimum absolute atomic E-state index is 0.0875. The van der Waals surface area contributed by atoms with Gasteiger partial charge >= 0.3 is 0 Å². The van der Waals surface area contributed by atoms with Crippen molar-refractivity contribution in [2.24, 2.45) is 0 Å². The summed E-state index contributed by atoms with van der Waals surface area (Å²) in [7, 11) is 0. The van der Waals surface area contributed by atoms with E-state index in [1.807, 2.05) is 22.2 Å². The number of thiazole rings is 1. The van der Waals surface area contributed by atoms with Gasteiger partial charge in [0.2, 0.25) is 0 Å². The molecule has 0 aromatic carbocycles. The number of hydrogen-bond donors (Lipinski definition) is 1. The molecule has 2 saturated heterocycles. The van der Waals surface area contributed by atoms with E-state index in [0.717, 1.165) is 49.2 Å². The smallest absolute Gasteiger partial charge is 0.271 e. The third-order valence-electron chi connectivity index (χ3n) is 5.22. The van der Waals surface area contributed by atoms with E-state index in [1.54, 1.807) is 23.7 Å². The molecule has 2 fully saturated rings. The number of fused-ring (bicyclic) bond motifs is 1. The number of carbonyl (C=O) groups excluding carboxylic acids is 1. The largest absolute Gasteiger partial charge is 0.351 e. The lowest BCUT2D eigenvalue weighted by molar-refractivity contribution is 0.0936. The number of carbonyl (C=O) groups is 1. The summed E-state index contributed by atoms with van der Waals surface area (Å²) in [6, 6.07) is 0.0893. The van der Waals surface area contributed by atoms with Crippen molar-refractivity contribution < 1.29 is 4.79 Å². The van der Waals surface area contributed by atoms with Crippen LogP contribution < -0.4 is 15.1 Å². The molecule has 8 nitrogen and oxygen atoms in total. The highest BCUT2D eigenvalue weighted by molar-refractivity contribution is 7.13. The molecular weight excluding hydrogens is 362 g/mol. The van der Waals surface area contributed by atoms with Crippen molar-refractivity contribution in [3.8, 4) is 0 Å². The molecule has 0 saturated carbocycles. The Morgan fingerprint density at radius 1 is 1.11 bits per heavy atom. The fourth-order valence-electron chi connectivity index (χ4n) is 3.82. The van der Waals surface area contributed by atoms with E-state index < -0.39 is 0 Å². The molecule has 0 bridgehead atoms. The van der Waals surface area contributed by atoms with E-state index in [2.05, 4.69) is 30.1 Å². The molecule has 1 N–H and O–H groups in total. The Hall–Kier alpha value is -2.68. The summed E-state index contributed by atoms with van der Waals surface area (Å²) in [5, 5.41) is 5.95. The zero-order valence-corrected chi connectivity index (χ0v) is 15.7. The van der Waals surface area contributed by atoms with Crippen LogP contribution in [0.5, 0.6) is 0 Å². The Kier molecular flexibility index (Phi) is 4.16. The summed E-state index contributed by atoms with van der Waals surface area (Å²) in [4.78, 5) is 30.5. The number of anilines is 2. The van der Waals surface area contributed by atoms with Crippen LogP contribution in [0.1, 0.15) is 29.8 Å². The van der Waals surface area contributed by atoms with E-state index in [-0.39, 0.29) is 11.9 Å². The Morgan fingerprint density at radius 3 is 2.78 bits per heavy atom. The Bertz CT molecular complexity index is 961. The topological polar surface area (TPSA) is 78.7 Å². The van der Waals surface area contributed by atoms with Crippen LogP contribution in [0.25, 0.3) is 5.65 Å². The number of nitrogens with one attached hydrogen (secondary N) is 1. The molecule has 0 radical (unpaired) electrons. The minimum Gasteiger partial charge on any atom is -0.351 e. The van der Waals surface area contributed by atoms with Gasteiger partial charge in [-0.2, -0.15) is 0 Å². The normalized spacial score (nSPS) is 19.9. The molecule has 1 amide bonds. The van der Waals surface area contributed by atoms with Crippen LogP contribution in [0, 0.1) is 0 Å². The summed E-state index contributed by atoms with van der Waals surface area (Å²) < 4.78 is 1.96. The molecule has 1 atom stereocenters. The van der Waals surface area contributed by atoms with E-state index in [0.29, 0.717) is 5.69 Å². The SMILES string of the molecule is O=C(N[C@H]1CCN(c2nccn3ccnc23)C1)c1csc(N2CCCC2)n1. The van der Waals surface area contributed by atoms with Gasteiger partial charge in [-0.15, -0.1) is 11.3 Å². The van der Waals surface area contributed by atoms with Gasteiger partial charge in [-0.1, -0.05) is 0 Å². The van der Waals surface area contributed by atoms with E-state index in [1.165, 1.54) is 12.8 Å². The van der Waals surface area contributed by atoms with Gasteiger partial charge in [0.15, 0.2) is 16.6 Å². The van der Waals surface area contributed by atoms with Crippen molar-refractivity contribution >= 4 is 33.8 Å². The van der Waals surface area contributed by atoms with Crippen molar-refractivity contribution in [2.75, 3.05) is 36.0 Å². The van der Waals surface area contributed by atoms with Gasteiger partial charge in [0.05, 0.1) is 0 Å². The summed E-state index contributed by atoms with van der Waals surface area (Å²) in [6.07, 6.45) is 10.7. The predicted molar refractivity (Wildman–Crippen MR) is 105 cm³/mol. The monoisotopic (exact) mass is 383 g/mol. The fourth-order valence-corrected chi connectivity index (χ4v) is 4.67. The number of rotatable bonds is 4. The lowest BCUT2D eigenvalue weighted by atomic mass is 10.2. The van der Waals surface area contributed by atoms with Crippen LogP contribution in [0.3, 0.4) is 0 Å². The second kappa shape index (κ2) is 6.80. The van der Waals surface area contributed by atoms with Crippen LogP contribution in [0.15, 0.2) is 30.2 Å². The van der Waals surface area contributed by atoms with Crippen LogP contribution in [-0.2, 0) is 0 Å². The average molecular weight is 383 g/mol. The summed E-state index contributed by atoms with van der Waals surface area (Å²) in [6.45, 7) is 3.66. The third-order valence-corrected chi connectivity index (χ3v) is 6.12. The Labute approximate surface area is 160 Å². The highest BCUT2D eigenvalue weighted by atomic mass is 32.1. The first-order chi connectivity index (χ1) is 13.3. The van der Waals surface area contributed by atoms with Gasteiger partial charge in [-0.05, 0) is 19.3 Å². The number of aromatic nitrogens is 4. The number of nitrogens with zero attached hydrogens (tertiary/aromatic N) is 6. The van der Waals surface area contributed by atoms with E-state index in [9.17, 15) is 4.79 Å². The molecule has 0 unspecified atom stereocenters. The summed E-state index contributed by atoms with van der Waals surface area (Å²) in [5.74, 6) is 0.778. The fraction of sp³-hybridized carbons (Fsp3) is 0.444. The maximum atomic E-state index is 12.6. The van der Waals surface area contributed by atoms with Gasteiger partial charge in [-0.3, -0.25) is 4.79 Å². The standard InChI is InChI=1S/C18H21N7OS/c26-17(14-12-27-18(22-14)24-6-1-2-7-24)21-13-3-8-25(11-13)16-15-19-4-9-23(15)10-5-20-16/h4-5,9-10,12-13H,1-3,6-8,11H2,(H,21,26)/t13-/m0/s1. The molecule has 27 heavy (non-hydrogen) atoms. The first kappa shape index (κ1) is 16.5. The van der Waals surface area contributed by atoms with Crippen molar-refractivity contribution in [2.45, 2.75) is 25.3 Å². The molecule has 0 spiro atoms. The zero-order valence-electron chi connectivity index (χ0n) is 14.9. The predicted octanol–water partition coefficient (Wildman–Crippen LogP) is 1.79. The van der Waals surface area contributed by atoms with Crippen molar-refractivity contribution in [3.05, 3.63) is 35.9 Å². The molecule has 140 valence electrons. The molecular formula is C18H21N7OS. The second-order valence-corrected chi connectivity index (χ2v) is 7.86. The molecule has 9 heteroatoms. The Balaban J connectivity index is 1.24. The second-order valence-electron chi connectivity index (χ2n) is 7.02. The maximum absolute atomic E-state index is 12.6. The van der Waals surface area contributed by atoms with Crippen LogP contribution in [-0.4, -0.2) is 57.5 Å². The molecule has 2 aliphatic rings. The summed E-state index contributed by atoms with van der Waals surface area (Å²) in [5.41, 5.74) is 1.37. The molecule has 0 aliphatic carbocycles. The highest BCUT2D eigenvalue weighted by Gasteiger charge is 2.27. The molecule has 5 heterocycles. The Morgan fingerprint density at radius 2 is 1.93 bits per heavy atom. The van der Waals surface area contributed by atoms with Crippen LogP contribution in [0.2, 0.25) is 0 Å². The van der Waals surface area contributed by atoms with Gasteiger partial charge in [-0.25, -0.2) is 15.0 Å². The lowest BCUT2D eigenvalue weighted by Crippen LogP contribution is -2.37.